The van der Waals surface area contributed by atoms with Gasteiger partial charge in [-0.15, -0.1) is 0 Å². The molecule has 4 heteroatoms. The third-order valence-electron chi connectivity index (χ3n) is 1.58. The monoisotopic (exact) mass is 144 g/mol. The number of aromatic nitrogens is 2. The van der Waals surface area contributed by atoms with Crippen LogP contribution in [0.2, 0.25) is 0 Å². The van der Waals surface area contributed by atoms with Gasteiger partial charge in [0.2, 0.25) is 0 Å². The first kappa shape index (κ1) is 6.28. The van der Waals surface area contributed by atoms with Crippen molar-refractivity contribution in [1.82, 2.24) is 9.61 Å². The molecule has 2 radical (unpaired) electrons. The van der Waals surface area contributed by atoms with Gasteiger partial charge < -0.3 is 5.10 Å². The van der Waals surface area contributed by atoms with E-state index in [0.29, 0.717) is 0 Å². The molecule has 0 spiro atoms. The molecule has 0 aliphatic heterocycles. The van der Waals surface area contributed by atoms with E-state index < -0.39 is 0 Å². The second kappa shape index (κ2) is 2.02. The van der Waals surface area contributed by atoms with Crippen LogP contribution in [0, 0.1) is 0 Å². The molecule has 2 aromatic heterocycles. The average Bonchev–Trinajstić information content (AvgIpc) is 2.36. The third kappa shape index (κ3) is 0.870. The molecule has 0 fully saturated rings. The van der Waals surface area contributed by atoms with Crippen LogP contribution in [0.15, 0.2) is 29.3 Å². The molecular formula is C7H5BN2O. The minimum atomic E-state index is -0.135. The molecule has 11 heavy (non-hydrogen) atoms. The topological polar surface area (TPSA) is 37.3 Å². The smallest absolute Gasteiger partial charge is 0.175 e. The number of fused-ring (bicyclic) bond motifs is 1. The molecule has 3 nitrogen and oxygen atoms in total. The molecule has 2 aromatic rings. The van der Waals surface area contributed by atoms with E-state index in [1.807, 2.05) is 0 Å². The van der Waals surface area contributed by atoms with Crippen LogP contribution in [0.4, 0.5) is 0 Å². The Morgan fingerprint density at radius 3 is 3.18 bits per heavy atom. The zero-order valence-electron chi connectivity index (χ0n) is 5.74. The molecule has 52 valence electrons. The molecule has 0 atom stereocenters. The Morgan fingerprint density at radius 1 is 1.55 bits per heavy atom. The van der Waals surface area contributed by atoms with Crippen LogP contribution in [0.25, 0.3) is 5.52 Å². The third-order valence-corrected chi connectivity index (χ3v) is 1.58. The van der Waals surface area contributed by atoms with Gasteiger partial charge >= 0.3 is 0 Å². The van der Waals surface area contributed by atoms with Gasteiger partial charge in [-0.05, 0) is 11.5 Å². The van der Waals surface area contributed by atoms with Gasteiger partial charge in [-0.25, -0.2) is 0 Å². The Bertz CT molecular complexity index is 443. The van der Waals surface area contributed by atoms with Gasteiger partial charge in [-0.1, -0.05) is 0 Å². The van der Waals surface area contributed by atoms with E-state index in [9.17, 15) is 4.79 Å². The molecule has 2 heterocycles. The molecule has 2 rings (SSSR count). The minimum absolute atomic E-state index is 0.135. The standard InChI is InChI=1S/C7H5BN2O/c8-6-4-10-5(1-2-9-10)3-7(6)11/h1-4,9H. The second-order valence-corrected chi connectivity index (χ2v) is 2.35. The van der Waals surface area contributed by atoms with Crippen molar-refractivity contribution in [3.63, 3.8) is 0 Å². The largest absolute Gasteiger partial charge is 0.302 e. The molecular weight excluding hydrogens is 139 g/mol. The van der Waals surface area contributed by atoms with Crippen LogP contribution >= 0.6 is 0 Å². The van der Waals surface area contributed by atoms with Crippen molar-refractivity contribution >= 4 is 18.8 Å². The number of pyridine rings is 1. The van der Waals surface area contributed by atoms with Gasteiger partial charge in [0.1, 0.15) is 7.85 Å². The maximum atomic E-state index is 11.0. The summed E-state index contributed by atoms with van der Waals surface area (Å²) in [5.41, 5.74) is 0.943. The number of aromatic amines is 1. The highest BCUT2D eigenvalue weighted by molar-refractivity contribution is 6.32. The fraction of sp³-hybridized carbons (Fsp3) is 0. The molecule has 0 aliphatic carbocycles. The lowest BCUT2D eigenvalue weighted by Crippen LogP contribution is -2.25. The Kier molecular flexibility index (Phi) is 1.15. The molecule has 1 N–H and O–H groups in total. The van der Waals surface area contributed by atoms with Crippen LogP contribution in [-0.4, -0.2) is 17.5 Å². The van der Waals surface area contributed by atoms with Crippen molar-refractivity contribution < 1.29 is 0 Å². The predicted molar refractivity (Wildman–Crippen MR) is 43.4 cm³/mol. The van der Waals surface area contributed by atoms with Crippen LogP contribution in [0.5, 0.6) is 0 Å². The summed E-state index contributed by atoms with van der Waals surface area (Å²) < 4.78 is 1.69. The highest BCUT2D eigenvalue weighted by atomic mass is 16.1. The van der Waals surface area contributed by atoms with E-state index in [2.05, 4.69) is 5.10 Å². The summed E-state index contributed by atoms with van der Waals surface area (Å²) in [4.78, 5) is 11.0. The summed E-state index contributed by atoms with van der Waals surface area (Å²) in [6.45, 7) is 0. The van der Waals surface area contributed by atoms with Crippen molar-refractivity contribution in [3.8, 4) is 0 Å². The van der Waals surface area contributed by atoms with Gasteiger partial charge in [0.05, 0.1) is 5.52 Å². The van der Waals surface area contributed by atoms with Crippen molar-refractivity contribution in [2.45, 2.75) is 0 Å². The summed E-state index contributed by atoms with van der Waals surface area (Å²) in [6, 6.07) is 3.30. The lowest BCUT2D eigenvalue weighted by molar-refractivity contribution is 0.964. The first-order valence-electron chi connectivity index (χ1n) is 3.22. The van der Waals surface area contributed by atoms with E-state index in [0.717, 1.165) is 5.52 Å². The Morgan fingerprint density at radius 2 is 2.36 bits per heavy atom. The van der Waals surface area contributed by atoms with Gasteiger partial charge in [-0.2, -0.15) is 0 Å². The van der Waals surface area contributed by atoms with Crippen LogP contribution in [0.1, 0.15) is 0 Å². The lowest BCUT2D eigenvalue weighted by Gasteiger charge is -1.93. The Hall–Kier alpha value is -1.45. The molecule has 0 aromatic carbocycles. The number of rotatable bonds is 0. The Labute approximate surface area is 64.1 Å². The summed E-state index contributed by atoms with van der Waals surface area (Å²) in [7, 11) is 5.39. The van der Waals surface area contributed by atoms with E-state index in [-0.39, 0.29) is 10.9 Å². The highest BCUT2D eigenvalue weighted by Gasteiger charge is 1.95. The van der Waals surface area contributed by atoms with Gasteiger partial charge in [0, 0.05) is 18.5 Å². The molecule has 0 aliphatic rings. The average molecular weight is 144 g/mol. The summed E-state index contributed by atoms with van der Waals surface area (Å²) in [6.07, 6.45) is 3.31. The van der Waals surface area contributed by atoms with E-state index in [4.69, 9.17) is 7.85 Å². The van der Waals surface area contributed by atoms with Crippen LogP contribution in [0.3, 0.4) is 0 Å². The number of hydrogen-bond acceptors (Lipinski definition) is 1. The normalized spacial score (nSPS) is 10.5. The van der Waals surface area contributed by atoms with Gasteiger partial charge in [0.25, 0.3) is 0 Å². The molecule has 0 bridgehead atoms. The zero-order chi connectivity index (χ0) is 7.84. The van der Waals surface area contributed by atoms with Gasteiger partial charge in [-0.3, -0.25) is 9.31 Å². The van der Waals surface area contributed by atoms with Crippen LogP contribution < -0.4 is 10.9 Å². The number of H-pyrrole nitrogens is 1. The Balaban J connectivity index is 2.97. The zero-order valence-corrected chi connectivity index (χ0v) is 5.74. The fourth-order valence-electron chi connectivity index (χ4n) is 1.01. The summed E-state index contributed by atoms with van der Waals surface area (Å²) in [5.74, 6) is 0. The number of nitrogens with zero attached hydrogens (tertiary/aromatic N) is 1. The van der Waals surface area contributed by atoms with Crippen LogP contribution in [-0.2, 0) is 0 Å². The fourth-order valence-corrected chi connectivity index (χ4v) is 1.01. The molecule has 0 amide bonds. The van der Waals surface area contributed by atoms with E-state index in [1.165, 1.54) is 6.07 Å². The summed E-state index contributed by atoms with van der Waals surface area (Å²) in [5, 5.41) is 2.89. The van der Waals surface area contributed by atoms with Crippen molar-refractivity contribution in [2.75, 3.05) is 0 Å². The quantitative estimate of drug-likeness (QED) is 0.493. The maximum absolute atomic E-state index is 11.0. The predicted octanol–water partition coefficient (Wildman–Crippen LogP) is -0.579. The first-order chi connectivity index (χ1) is 5.27. The maximum Gasteiger partial charge on any atom is 0.175 e. The van der Waals surface area contributed by atoms with Crippen molar-refractivity contribution in [3.05, 3.63) is 34.7 Å². The molecule has 0 saturated carbocycles. The van der Waals surface area contributed by atoms with E-state index >= 15 is 0 Å². The highest BCUT2D eigenvalue weighted by Crippen LogP contribution is 1.93. The molecule has 0 unspecified atom stereocenters. The van der Waals surface area contributed by atoms with E-state index in [1.54, 1.807) is 23.0 Å². The second-order valence-electron chi connectivity index (χ2n) is 2.35. The van der Waals surface area contributed by atoms with Gasteiger partial charge in [0.15, 0.2) is 5.43 Å². The summed E-state index contributed by atoms with van der Waals surface area (Å²) >= 11 is 0. The van der Waals surface area contributed by atoms with Crippen molar-refractivity contribution in [2.24, 2.45) is 0 Å². The lowest BCUT2D eigenvalue weighted by atomic mass is 9.98. The van der Waals surface area contributed by atoms with Crippen molar-refractivity contribution in [1.29, 1.82) is 0 Å². The molecule has 0 saturated heterocycles. The number of nitrogens with one attached hydrogen (secondary N) is 1. The number of hydrogen-bond donors (Lipinski definition) is 1. The minimum Gasteiger partial charge on any atom is -0.302 e. The first-order valence-corrected chi connectivity index (χ1v) is 3.22. The SMILES string of the molecule is [B]c1cn2[nH]ccc2cc1=O.